The van der Waals surface area contributed by atoms with Crippen LogP contribution in [0.25, 0.3) is 0 Å². The van der Waals surface area contributed by atoms with Crippen LogP contribution in [0.2, 0.25) is 0 Å². The molecule has 0 radical (unpaired) electrons. The van der Waals surface area contributed by atoms with Crippen LogP contribution in [0.1, 0.15) is 68.2 Å². The number of rotatable bonds is 5. The van der Waals surface area contributed by atoms with Crippen LogP contribution in [0.4, 0.5) is 0 Å². The molecule has 9 heteroatoms. The van der Waals surface area contributed by atoms with E-state index in [0.29, 0.717) is 11.1 Å². The van der Waals surface area contributed by atoms with Gasteiger partial charge in [-0.3, -0.25) is 9.78 Å². The molecule has 1 saturated heterocycles. The van der Waals surface area contributed by atoms with Crippen molar-refractivity contribution in [2.45, 2.75) is 83.1 Å². The Kier molecular flexibility index (Phi) is 6.79. The summed E-state index contributed by atoms with van der Waals surface area (Å²) in [5, 5.41) is 11.3. The third-order valence-corrected chi connectivity index (χ3v) is 9.04. The normalized spacial score (nSPS) is 36.4. The van der Waals surface area contributed by atoms with E-state index in [1.54, 1.807) is 48.7 Å². The number of hydrogen-bond acceptors (Lipinski definition) is 9. The van der Waals surface area contributed by atoms with Crippen LogP contribution < -0.4 is 0 Å². The highest BCUT2D eigenvalue weighted by Gasteiger charge is 2.80. The third kappa shape index (κ3) is 4.23. The maximum Gasteiger partial charge on any atom is 0.340 e. The molecule has 1 aromatic heterocycles. The predicted molar refractivity (Wildman–Crippen MR) is 139 cm³/mol. The molecular formula is C30H35NO8. The Bertz CT molecular complexity index is 1250. The molecule has 208 valence electrons. The van der Waals surface area contributed by atoms with Gasteiger partial charge < -0.3 is 24.1 Å². The number of esters is 3. The fourth-order valence-electron chi connectivity index (χ4n) is 7.32. The van der Waals surface area contributed by atoms with E-state index in [1.165, 1.54) is 13.1 Å². The fourth-order valence-corrected chi connectivity index (χ4v) is 7.32. The largest absolute Gasteiger partial charge is 0.459 e. The predicted octanol–water partition coefficient (Wildman–Crippen LogP) is 3.74. The van der Waals surface area contributed by atoms with Crippen LogP contribution in [0.3, 0.4) is 0 Å². The molecule has 2 aromatic rings. The summed E-state index contributed by atoms with van der Waals surface area (Å²) in [6, 6.07) is 11.9. The molecular weight excluding hydrogens is 502 g/mol. The Morgan fingerprint density at radius 3 is 2.23 bits per heavy atom. The molecule has 5 rings (SSSR count). The van der Waals surface area contributed by atoms with Gasteiger partial charge in [0.05, 0.1) is 28.2 Å². The molecule has 39 heavy (non-hydrogen) atoms. The molecule has 0 amide bonds. The standard InChI is InChI=1S/C30H35NO8/c1-17-14-22(33)25(36-18(2)32)29(5)23(37-26(34)19-10-7-6-8-11-19)15-21-24(30(17,29)39-28(21,3)4)38-27(35)20-12-9-13-31-16-20/h6-13,16-17,21-25,33H,14-15H2,1-5H3/t17-,21-,22+,23+,24+,25+,29-,30-/m1/s1. The molecule has 3 aliphatic rings. The minimum absolute atomic E-state index is 0.233. The van der Waals surface area contributed by atoms with E-state index >= 15 is 0 Å². The zero-order valence-electron chi connectivity index (χ0n) is 22.8. The second-order valence-corrected chi connectivity index (χ2v) is 11.7. The van der Waals surface area contributed by atoms with Crippen LogP contribution in [-0.4, -0.2) is 63.6 Å². The first-order chi connectivity index (χ1) is 18.4. The number of nitrogens with zero attached hydrogens (tertiary/aromatic N) is 1. The van der Waals surface area contributed by atoms with Crippen LogP contribution in [0, 0.1) is 17.3 Å². The number of pyridine rings is 1. The Morgan fingerprint density at radius 1 is 0.923 bits per heavy atom. The quantitative estimate of drug-likeness (QED) is 0.449. The monoisotopic (exact) mass is 537 g/mol. The first-order valence-electron chi connectivity index (χ1n) is 13.3. The van der Waals surface area contributed by atoms with Crippen molar-refractivity contribution in [3.8, 4) is 0 Å². The van der Waals surface area contributed by atoms with Crippen molar-refractivity contribution in [3.05, 3.63) is 66.0 Å². The zero-order chi connectivity index (χ0) is 28.2. The Balaban J connectivity index is 1.63. The lowest BCUT2D eigenvalue weighted by Crippen LogP contribution is -2.75. The summed E-state index contributed by atoms with van der Waals surface area (Å²) in [7, 11) is 0. The van der Waals surface area contributed by atoms with Crippen molar-refractivity contribution < 1.29 is 38.4 Å². The van der Waals surface area contributed by atoms with Crippen molar-refractivity contribution in [1.29, 1.82) is 0 Å². The van der Waals surface area contributed by atoms with Crippen molar-refractivity contribution >= 4 is 17.9 Å². The Hall–Kier alpha value is -3.30. The molecule has 8 atom stereocenters. The number of ether oxygens (including phenoxy) is 4. The van der Waals surface area contributed by atoms with Crippen molar-refractivity contribution in [1.82, 2.24) is 4.98 Å². The number of fused-ring (bicyclic) bond motifs is 1. The summed E-state index contributed by atoms with van der Waals surface area (Å²) in [5.74, 6) is -2.37. The minimum Gasteiger partial charge on any atom is -0.459 e. The number of carbonyl (C=O) groups excluding carboxylic acids is 3. The number of aromatic nitrogens is 1. The van der Waals surface area contributed by atoms with Crippen LogP contribution in [0.15, 0.2) is 54.9 Å². The van der Waals surface area contributed by atoms with Gasteiger partial charge in [-0.2, -0.15) is 0 Å². The van der Waals surface area contributed by atoms with Gasteiger partial charge in [0.25, 0.3) is 0 Å². The van der Waals surface area contributed by atoms with Crippen LogP contribution in [-0.2, 0) is 23.7 Å². The van der Waals surface area contributed by atoms with Gasteiger partial charge in [-0.1, -0.05) is 25.1 Å². The summed E-state index contributed by atoms with van der Waals surface area (Å²) < 4.78 is 25.2. The third-order valence-electron chi connectivity index (χ3n) is 9.04. The SMILES string of the molecule is CC(=O)O[C@H]1[C@@H](O)C[C@@H](C)[C@]23OC(C)(C)[C@H](C[C@H](OC(=O)c4ccccc4)[C@]12C)[C@@H]3OC(=O)c1cccnc1. The van der Waals surface area contributed by atoms with E-state index in [-0.39, 0.29) is 24.7 Å². The van der Waals surface area contributed by atoms with Crippen molar-refractivity contribution in [2.24, 2.45) is 17.3 Å². The molecule has 2 aliphatic carbocycles. The molecule has 2 bridgehead atoms. The van der Waals surface area contributed by atoms with Gasteiger partial charge in [-0.15, -0.1) is 0 Å². The van der Waals surface area contributed by atoms with E-state index in [9.17, 15) is 19.5 Å². The van der Waals surface area contributed by atoms with Crippen molar-refractivity contribution in [3.63, 3.8) is 0 Å². The maximum absolute atomic E-state index is 13.4. The van der Waals surface area contributed by atoms with Crippen molar-refractivity contribution in [2.75, 3.05) is 0 Å². The first kappa shape index (κ1) is 27.3. The molecule has 3 fully saturated rings. The van der Waals surface area contributed by atoms with E-state index in [4.69, 9.17) is 18.9 Å². The molecule has 1 aliphatic heterocycles. The lowest BCUT2D eigenvalue weighted by molar-refractivity contribution is -0.301. The molecule has 1 aromatic carbocycles. The van der Waals surface area contributed by atoms with E-state index in [2.05, 4.69) is 4.98 Å². The summed E-state index contributed by atoms with van der Waals surface area (Å²) in [5.41, 5.74) is -2.61. The zero-order valence-corrected chi connectivity index (χ0v) is 22.8. The highest BCUT2D eigenvalue weighted by molar-refractivity contribution is 5.90. The summed E-state index contributed by atoms with van der Waals surface area (Å²) in [6.45, 7) is 8.87. The molecule has 2 heterocycles. The average molecular weight is 538 g/mol. The molecule has 2 saturated carbocycles. The smallest absolute Gasteiger partial charge is 0.340 e. The Labute approximate surface area is 227 Å². The minimum atomic E-state index is -1.26. The highest BCUT2D eigenvalue weighted by Crippen LogP contribution is 2.67. The second kappa shape index (κ2) is 9.71. The highest BCUT2D eigenvalue weighted by atomic mass is 16.6. The topological polar surface area (TPSA) is 121 Å². The summed E-state index contributed by atoms with van der Waals surface area (Å²) >= 11 is 0. The number of benzene rings is 1. The van der Waals surface area contributed by atoms with E-state index in [0.717, 1.165) is 0 Å². The molecule has 0 unspecified atom stereocenters. The van der Waals surface area contributed by atoms with Gasteiger partial charge in [-0.05, 0) is 63.8 Å². The molecule has 1 spiro atoms. The summed E-state index contributed by atoms with van der Waals surface area (Å²) in [4.78, 5) is 43.0. The number of hydrogen-bond donors (Lipinski definition) is 1. The number of aliphatic hydroxyl groups excluding tert-OH is 1. The van der Waals surface area contributed by atoms with E-state index < -0.39 is 58.9 Å². The number of aliphatic hydroxyl groups is 1. The van der Waals surface area contributed by atoms with Gasteiger partial charge in [0, 0.05) is 25.2 Å². The van der Waals surface area contributed by atoms with Gasteiger partial charge in [-0.25, -0.2) is 9.59 Å². The maximum atomic E-state index is 13.4. The lowest BCUT2D eigenvalue weighted by atomic mass is 9.48. The number of carbonyl (C=O) groups is 3. The van der Waals surface area contributed by atoms with E-state index in [1.807, 2.05) is 27.7 Å². The lowest BCUT2D eigenvalue weighted by Gasteiger charge is -2.62. The Morgan fingerprint density at radius 2 is 1.59 bits per heavy atom. The van der Waals surface area contributed by atoms with Crippen LogP contribution >= 0.6 is 0 Å². The van der Waals surface area contributed by atoms with Gasteiger partial charge >= 0.3 is 17.9 Å². The second-order valence-electron chi connectivity index (χ2n) is 11.7. The van der Waals surface area contributed by atoms with Gasteiger partial charge in [0.1, 0.15) is 23.9 Å². The van der Waals surface area contributed by atoms with Gasteiger partial charge in [0.15, 0.2) is 0 Å². The fraction of sp³-hybridized carbons (Fsp3) is 0.533. The van der Waals surface area contributed by atoms with Crippen LogP contribution in [0.5, 0.6) is 0 Å². The summed E-state index contributed by atoms with van der Waals surface area (Å²) in [6.07, 6.45) is -0.184. The van der Waals surface area contributed by atoms with Gasteiger partial charge in [0.2, 0.25) is 0 Å². The molecule has 9 nitrogen and oxygen atoms in total. The average Bonchev–Trinajstić information content (AvgIpc) is 3.08. The first-order valence-corrected chi connectivity index (χ1v) is 13.3. The molecule has 1 N–H and O–H groups in total.